The molecule has 1 aliphatic heterocycles. The van der Waals surface area contributed by atoms with Gasteiger partial charge in [0, 0.05) is 11.7 Å². The fourth-order valence-electron chi connectivity index (χ4n) is 2.04. The maximum Gasteiger partial charge on any atom is 0.335 e. The Labute approximate surface area is 100 Å². The summed E-state index contributed by atoms with van der Waals surface area (Å²) in [6, 6.07) is 3.56. The van der Waals surface area contributed by atoms with Gasteiger partial charge in [0.05, 0.1) is 5.56 Å². The highest BCUT2D eigenvalue weighted by atomic mass is 16.4. The van der Waals surface area contributed by atoms with Gasteiger partial charge in [-0.25, -0.2) is 9.78 Å². The number of nitrogens with one attached hydrogen (secondary N) is 2. The van der Waals surface area contributed by atoms with Crippen LogP contribution in [-0.4, -0.2) is 35.2 Å². The van der Waals surface area contributed by atoms with Crippen molar-refractivity contribution < 1.29 is 9.90 Å². The lowest BCUT2D eigenvalue weighted by molar-refractivity contribution is 0.0696. The molecule has 1 saturated heterocycles. The molecule has 0 atom stereocenters. The van der Waals surface area contributed by atoms with Gasteiger partial charge in [-0.1, -0.05) is 0 Å². The first-order chi connectivity index (χ1) is 8.15. The van der Waals surface area contributed by atoms with Crippen molar-refractivity contribution in [3.8, 4) is 0 Å². The number of hydrogen-bond acceptors (Lipinski definition) is 4. The molecule has 0 aliphatic carbocycles. The number of aryl methyl sites for hydroxylation is 1. The molecule has 1 fully saturated rings. The molecule has 92 valence electrons. The van der Waals surface area contributed by atoms with E-state index in [0.717, 1.165) is 31.6 Å². The lowest BCUT2D eigenvalue weighted by atomic mass is 10.1. The first kappa shape index (κ1) is 11.9. The van der Waals surface area contributed by atoms with Gasteiger partial charge in [0.2, 0.25) is 0 Å². The molecule has 0 bridgehead atoms. The number of aromatic carboxylic acids is 1. The molecule has 0 radical (unpaired) electrons. The van der Waals surface area contributed by atoms with Crippen molar-refractivity contribution in [3.05, 3.63) is 23.4 Å². The summed E-state index contributed by atoms with van der Waals surface area (Å²) < 4.78 is 0. The van der Waals surface area contributed by atoms with E-state index in [0.29, 0.717) is 11.9 Å². The van der Waals surface area contributed by atoms with Gasteiger partial charge in [0.15, 0.2) is 0 Å². The van der Waals surface area contributed by atoms with Gasteiger partial charge in [0.1, 0.15) is 5.82 Å². The van der Waals surface area contributed by atoms with E-state index in [-0.39, 0.29) is 5.56 Å². The molecular weight excluding hydrogens is 218 g/mol. The largest absolute Gasteiger partial charge is 0.478 e. The molecule has 0 amide bonds. The van der Waals surface area contributed by atoms with Crippen LogP contribution in [0.5, 0.6) is 0 Å². The minimum absolute atomic E-state index is 0.286. The number of rotatable bonds is 3. The molecule has 1 aromatic rings. The van der Waals surface area contributed by atoms with E-state index in [2.05, 4.69) is 15.6 Å². The molecule has 0 unspecified atom stereocenters. The Morgan fingerprint density at radius 1 is 1.47 bits per heavy atom. The van der Waals surface area contributed by atoms with Crippen LogP contribution in [0.1, 0.15) is 28.9 Å². The number of anilines is 1. The van der Waals surface area contributed by atoms with Crippen LogP contribution in [0.2, 0.25) is 0 Å². The average Bonchev–Trinajstić information content (AvgIpc) is 2.29. The Hall–Kier alpha value is -1.62. The van der Waals surface area contributed by atoms with Crippen LogP contribution in [0.25, 0.3) is 0 Å². The van der Waals surface area contributed by atoms with Crippen LogP contribution < -0.4 is 10.6 Å². The Morgan fingerprint density at radius 2 is 2.18 bits per heavy atom. The fraction of sp³-hybridized carbons (Fsp3) is 0.500. The Morgan fingerprint density at radius 3 is 2.82 bits per heavy atom. The predicted molar refractivity (Wildman–Crippen MR) is 65.4 cm³/mol. The van der Waals surface area contributed by atoms with Crippen LogP contribution in [0, 0.1) is 6.92 Å². The molecule has 2 rings (SSSR count). The summed E-state index contributed by atoms with van der Waals surface area (Å²) in [6.07, 6.45) is 2.08. The van der Waals surface area contributed by atoms with E-state index < -0.39 is 5.97 Å². The molecule has 5 nitrogen and oxygen atoms in total. The minimum atomic E-state index is -0.913. The molecule has 0 aromatic carbocycles. The second-order valence-corrected chi connectivity index (χ2v) is 4.36. The van der Waals surface area contributed by atoms with Crippen LogP contribution in [-0.2, 0) is 0 Å². The first-order valence-corrected chi connectivity index (χ1v) is 5.84. The van der Waals surface area contributed by atoms with Crippen molar-refractivity contribution in [2.75, 3.05) is 18.4 Å². The molecule has 2 heterocycles. The minimum Gasteiger partial charge on any atom is -0.478 e. The number of carboxylic acids is 1. The second-order valence-electron chi connectivity index (χ2n) is 4.36. The van der Waals surface area contributed by atoms with E-state index in [4.69, 9.17) is 5.11 Å². The maximum absolute atomic E-state index is 10.9. The molecule has 1 aliphatic rings. The molecular formula is C12H17N3O2. The Kier molecular flexibility index (Phi) is 3.58. The SMILES string of the molecule is Cc1cc(C(=O)O)cc(NC2CCNCC2)n1. The number of carbonyl (C=O) groups is 1. The average molecular weight is 235 g/mol. The highest BCUT2D eigenvalue weighted by molar-refractivity contribution is 5.88. The van der Waals surface area contributed by atoms with E-state index in [1.54, 1.807) is 19.1 Å². The number of hydrogen-bond donors (Lipinski definition) is 3. The summed E-state index contributed by atoms with van der Waals surface area (Å²) in [4.78, 5) is 15.2. The number of pyridine rings is 1. The van der Waals surface area contributed by atoms with Crippen molar-refractivity contribution in [3.63, 3.8) is 0 Å². The second kappa shape index (κ2) is 5.14. The van der Waals surface area contributed by atoms with E-state index in [1.165, 1.54) is 0 Å². The molecule has 17 heavy (non-hydrogen) atoms. The van der Waals surface area contributed by atoms with Gasteiger partial charge in [-0.3, -0.25) is 0 Å². The van der Waals surface area contributed by atoms with Gasteiger partial charge in [-0.05, 0) is 45.0 Å². The lowest BCUT2D eigenvalue weighted by Gasteiger charge is -2.24. The Balaban J connectivity index is 2.11. The number of nitrogens with zero attached hydrogens (tertiary/aromatic N) is 1. The first-order valence-electron chi connectivity index (χ1n) is 5.84. The number of carboxylic acid groups (broad SMARTS) is 1. The van der Waals surface area contributed by atoms with E-state index in [1.807, 2.05) is 0 Å². The summed E-state index contributed by atoms with van der Waals surface area (Å²) in [6.45, 7) is 3.80. The summed E-state index contributed by atoms with van der Waals surface area (Å²) in [5, 5.41) is 15.6. The van der Waals surface area contributed by atoms with Crippen LogP contribution in [0.4, 0.5) is 5.82 Å². The van der Waals surface area contributed by atoms with Gasteiger partial charge < -0.3 is 15.7 Å². The number of piperidine rings is 1. The molecule has 5 heteroatoms. The predicted octanol–water partition coefficient (Wildman–Crippen LogP) is 1.25. The zero-order valence-corrected chi connectivity index (χ0v) is 9.86. The third kappa shape index (κ3) is 3.17. The third-order valence-electron chi connectivity index (χ3n) is 2.89. The van der Waals surface area contributed by atoms with E-state index in [9.17, 15) is 4.79 Å². The molecule has 1 aromatic heterocycles. The summed E-state index contributed by atoms with van der Waals surface area (Å²) in [5.41, 5.74) is 1.01. The lowest BCUT2D eigenvalue weighted by Crippen LogP contribution is -2.35. The van der Waals surface area contributed by atoms with Crippen molar-refractivity contribution in [2.45, 2.75) is 25.8 Å². The maximum atomic E-state index is 10.9. The Bertz CT molecular complexity index is 414. The van der Waals surface area contributed by atoms with Crippen molar-refractivity contribution in [1.29, 1.82) is 0 Å². The standard InChI is InChI=1S/C12H17N3O2/c1-8-6-9(12(16)17)7-11(14-8)15-10-2-4-13-5-3-10/h6-7,10,13H,2-5H2,1H3,(H,14,15)(H,16,17). The van der Waals surface area contributed by atoms with Crippen LogP contribution in [0.3, 0.4) is 0 Å². The van der Waals surface area contributed by atoms with Gasteiger partial charge >= 0.3 is 5.97 Å². The van der Waals surface area contributed by atoms with Gasteiger partial charge in [-0.2, -0.15) is 0 Å². The quantitative estimate of drug-likeness (QED) is 0.735. The zero-order chi connectivity index (χ0) is 12.3. The highest BCUT2D eigenvalue weighted by Gasteiger charge is 2.14. The van der Waals surface area contributed by atoms with Crippen molar-refractivity contribution >= 4 is 11.8 Å². The summed E-state index contributed by atoms with van der Waals surface area (Å²) in [5.74, 6) is -0.252. The van der Waals surface area contributed by atoms with Gasteiger partial charge in [-0.15, -0.1) is 0 Å². The van der Waals surface area contributed by atoms with E-state index >= 15 is 0 Å². The monoisotopic (exact) mass is 235 g/mol. The summed E-state index contributed by atoms with van der Waals surface area (Å²) >= 11 is 0. The molecule has 3 N–H and O–H groups in total. The topological polar surface area (TPSA) is 74.2 Å². The highest BCUT2D eigenvalue weighted by Crippen LogP contribution is 2.14. The van der Waals surface area contributed by atoms with Crippen LogP contribution >= 0.6 is 0 Å². The van der Waals surface area contributed by atoms with Crippen LogP contribution in [0.15, 0.2) is 12.1 Å². The number of aromatic nitrogens is 1. The molecule has 0 saturated carbocycles. The molecule has 0 spiro atoms. The smallest absolute Gasteiger partial charge is 0.335 e. The zero-order valence-electron chi connectivity index (χ0n) is 9.86. The fourth-order valence-corrected chi connectivity index (χ4v) is 2.04. The van der Waals surface area contributed by atoms with Crippen molar-refractivity contribution in [1.82, 2.24) is 10.3 Å². The van der Waals surface area contributed by atoms with Crippen molar-refractivity contribution in [2.24, 2.45) is 0 Å². The normalized spacial score (nSPS) is 16.8. The third-order valence-corrected chi connectivity index (χ3v) is 2.89. The summed E-state index contributed by atoms with van der Waals surface area (Å²) in [7, 11) is 0. The van der Waals surface area contributed by atoms with Gasteiger partial charge in [0.25, 0.3) is 0 Å².